The highest BCUT2D eigenvalue weighted by Gasteiger charge is 2.13. The summed E-state index contributed by atoms with van der Waals surface area (Å²) in [5.74, 6) is 3.43. The lowest BCUT2D eigenvalue weighted by Crippen LogP contribution is -1.99. The average Bonchev–Trinajstić information content (AvgIpc) is 3.39. The predicted octanol–water partition coefficient (Wildman–Crippen LogP) is 8.79. The topological polar surface area (TPSA) is 44.2 Å². The summed E-state index contributed by atoms with van der Waals surface area (Å²) in [5.41, 5.74) is 0.996. The Balaban J connectivity index is 1.23. The van der Waals surface area contributed by atoms with Crippen molar-refractivity contribution in [1.29, 1.82) is 0 Å². The van der Waals surface area contributed by atoms with Crippen LogP contribution in [0.1, 0.15) is 110 Å². The van der Waals surface area contributed by atoms with E-state index in [0.717, 1.165) is 54.9 Å². The summed E-state index contributed by atoms with van der Waals surface area (Å²) in [5, 5.41) is 0. The Hall–Kier alpha value is -2.10. The Morgan fingerprint density at radius 1 is 0.676 bits per heavy atom. The number of ether oxygens (including phenoxy) is 2. The molecule has 1 aliphatic carbocycles. The minimum atomic E-state index is 0.717. The summed E-state index contributed by atoms with van der Waals surface area (Å²) in [4.78, 5) is 8.94. The maximum Gasteiger partial charge on any atom is 0.159 e. The van der Waals surface area contributed by atoms with Gasteiger partial charge in [-0.2, -0.15) is 0 Å². The fourth-order valence-corrected chi connectivity index (χ4v) is 4.87. The average molecular weight is 467 g/mol. The molecule has 0 atom stereocenters. The van der Waals surface area contributed by atoms with Crippen LogP contribution < -0.4 is 9.47 Å². The Morgan fingerprint density at radius 2 is 1.24 bits per heavy atom. The van der Waals surface area contributed by atoms with Crippen LogP contribution in [0.2, 0.25) is 0 Å². The van der Waals surface area contributed by atoms with Crippen molar-refractivity contribution in [2.24, 2.45) is 5.92 Å². The van der Waals surface area contributed by atoms with Crippen LogP contribution in [0.25, 0.3) is 11.4 Å². The number of aromatic nitrogens is 2. The first-order chi connectivity index (χ1) is 16.8. The van der Waals surface area contributed by atoms with E-state index in [1.165, 1.54) is 89.9 Å². The Labute approximate surface area is 207 Å². The molecule has 188 valence electrons. The van der Waals surface area contributed by atoms with Gasteiger partial charge in [-0.15, -0.1) is 0 Å². The van der Waals surface area contributed by atoms with Crippen LogP contribution in [-0.4, -0.2) is 23.2 Å². The fraction of sp³-hybridized carbons (Fsp3) is 0.667. The van der Waals surface area contributed by atoms with Gasteiger partial charge in [0, 0.05) is 5.56 Å². The van der Waals surface area contributed by atoms with E-state index in [1.807, 2.05) is 24.3 Å². The van der Waals surface area contributed by atoms with Crippen molar-refractivity contribution in [2.45, 2.75) is 110 Å². The largest absolute Gasteiger partial charge is 0.494 e. The van der Waals surface area contributed by atoms with Gasteiger partial charge in [0.2, 0.25) is 0 Å². The summed E-state index contributed by atoms with van der Waals surface area (Å²) >= 11 is 0. The molecule has 0 aliphatic heterocycles. The Morgan fingerprint density at radius 3 is 1.88 bits per heavy atom. The first-order valence-corrected chi connectivity index (χ1v) is 14.0. The molecule has 0 radical (unpaired) electrons. The molecule has 1 saturated carbocycles. The van der Waals surface area contributed by atoms with E-state index in [-0.39, 0.29) is 0 Å². The monoisotopic (exact) mass is 466 g/mol. The molecule has 1 fully saturated rings. The minimum absolute atomic E-state index is 0.717. The van der Waals surface area contributed by atoms with Crippen molar-refractivity contribution < 1.29 is 9.47 Å². The molecule has 1 aliphatic rings. The van der Waals surface area contributed by atoms with Crippen molar-refractivity contribution >= 4 is 0 Å². The van der Waals surface area contributed by atoms with E-state index in [1.54, 1.807) is 12.4 Å². The normalized spacial score (nSPS) is 13.9. The second kappa shape index (κ2) is 16.5. The molecule has 1 aromatic heterocycles. The highest BCUT2D eigenvalue weighted by molar-refractivity contribution is 5.56. The van der Waals surface area contributed by atoms with Gasteiger partial charge in [0.15, 0.2) is 11.6 Å². The summed E-state index contributed by atoms with van der Waals surface area (Å²) in [7, 11) is 0. The fourth-order valence-electron chi connectivity index (χ4n) is 4.87. The zero-order valence-corrected chi connectivity index (χ0v) is 21.5. The van der Waals surface area contributed by atoms with Gasteiger partial charge in [0.1, 0.15) is 5.75 Å². The standard InChI is InChI=1S/C30H46N2O2/c1-2-3-4-8-13-23-34-29-24-31-30(32-25-29)27-18-20-28(21-19-27)33-22-14-9-6-5-7-10-15-26-16-11-12-17-26/h18-21,24-26H,2-17,22-23H2,1H3. The van der Waals surface area contributed by atoms with Crippen LogP contribution in [0.15, 0.2) is 36.7 Å². The smallest absolute Gasteiger partial charge is 0.159 e. The van der Waals surface area contributed by atoms with Crippen molar-refractivity contribution in [3.05, 3.63) is 36.7 Å². The van der Waals surface area contributed by atoms with Gasteiger partial charge in [-0.25, -0.2) is 9.97 Å². The number of benzene rings is 1. The second-order valence-corrected chi connectivity index (χ2v) is 9.94. The van der Waals surface area contributed by atoms with Gasteiger partial charge in [0.05, 0.1) is 25.6 Å². The quantitative estimate of drug-likeness (QED) is 0.206. The summed E-state index contributed by atoms with van der Waals surface area (Å²) in [6.45, 7) is 3.76. The lowest BCUT2D eigenvalue weighted by Gasteiger charge is -2.09. The van der Waals surface area contributed by atoms with Gasteiger partial charge < -0.3 is 9.47 Å². The molecule has 0 N–H and O–H groups in total. The number of unbranched alkanes of at least 4 members (excludes halogenated alkanes) is 9. The van der Waals surface area contributed by atoms with E-state index in [9.17, 15) is 0 Å². The van der Waals surface area contributed by atoms with Gasteiger partial charge in [0.25, 0.3) is 0 Å². The predicted molar refractivity (Wildman–Crippen MR) is 141 cm³/mol. The van der Waals surface area contributed by atoms with E-state index in [4.69, 9.17) is 9.47 Å². The zero-order valence-electron chi connectivity index (χ0n) is 21.5. The summed E-state index contributed by atoms with van der Waals surface area (Å²) in [6, 6.07) is 8.09. The molecule has 34 heavy (non-hydrogen) atoms. The zero-order chi connectivity index (χ0) is 23.7. The molecule has 3 rings (SSSR count). The highest BCUT2D eigenvalue weighted by atomic mass is 16.5. The maximum atomic E-state index is 5.93. The van der Waals surface area contributed by atoms with Crippen molar-refractivity contribution in [3.8, 4) is 22.9 Å². The van der Waals surface area contributed by atoms with Crippen LogP contribution >= 0.6 is 0 Å². The van der Waals surface area contributed by atoms with Crippen molar-refractivity contribution in [2.75, 3.05) is 13.2 Å². The molecule has 0 bridgehead atoms. The van der Waals surface area contributed by atoms with Gasteiger partial charge >= 0.3 is 0 Å². The number of hydrogen-bond donors (Lipinski definition) is 0. The summed E-state index contributed by atoms with van der Waals surface area (Å²) < 4.78 is 11.7. The molecule has 2 aromatic rings. The molecule has 4 nitrogen and oxygen atoms in total. The van der Waals surface area contributed by atoms with Gasteiger partial charge in [-0.1, -0.05) is 96.8 Å². The third-order valence-electron chi connectivity index (χ3n) is 7.01. The molecule has 0 spiro atoms. The van der Waals surface area contributed by atoms with E-state index in [0.29, 0.717) is 0 Å². The molecular formula is C30H46N2O2. The molecule has 1 aromatic carbocycles. The number of hydrogen-bond acceptors (Lipinski definition) is 4. The maximum absolute atomic E-state index is 5.93. The lowest BCUT2D eigenvalue weighted by atomic mass is 9.99. The molecule has 1 heterocycles. The Bertz CT molecular complexity index is 754. The summed E-state index contributed by atoms with van der Waals surface area (Å²) in [6.07, 6.45) is 25.1. The van der Waals surface area contributed by atoms with Crippen molar-refractivity contribution in [3.63, 3.8) is 0 Å². The lowest BCUT2D eigenvalue weighted by molar-refractivity contribution is 0.302. The van der Waals surface area contributed by atoms with E-state index in [2.05, 4.69) is 16.9 Å². The van der Waals surface area contributed by atoms with Crippen molar-refractivity contribution in [1.82, 2.24) is 9.97 Å². The number of nitrogens with zero attached hydrogens (tertiary/aromatic N) is 2. The Kier molecular flexibility index (Phi) is 12.9. The molecule has 0 amide bonds. The van der Waals surface area contributed by atoms with Gasteiger partial charge in [-0.05, 0) is 43.0 Å². The minimum Gasteiger partial charge on any atom is -0.494 e. The van der Waals surface area contributed by atoms with Crippen LogP contribution in [0.3, 0.4) is 0 Å². The van der Waals surface area contributed by atoms with Crippen LogP contribution in [0, 0.1) is 5.92 Å². The third kappa shape index (κ3) is 10.4. The third-order valence-corrected chi connectivity index (χ3v) is 7.01. The molecule has 4 heteroatoms. The van der Waals surface area contributed by atoms with E-state index < -0.39 is 0 Å². The molecule has 0 saturated heterocycles. The second-order valence-electron chi connectivity index (χ2n) is 9.94. The highest BCUT2D eigenvalue weighted by Crippen LogP contribution is 2.29. The van der Waals surface area contributed by atoms with Gasteiger partial charge in [-0.3, -0.25) is 0 Å². The SMILES string of the molecule is CCCCCCCOc1cnc(-c2ccc(OCCCCCCCCC3CCCC3)cc2)nc1. The van der Waals surface area contributed by atoms with Crippen LogP contribution in [0.4, 0.5) is 0 Å². The number of rotatable bonds is 18. The first-order valence-electron chi connectivity index (χ1n) is 14.0. The first kappa shape index (κ1) is 26.5. The van der Waals surface area contributed by atoms with Crippen LogP contribution in [-0.2, 0) is 0 Å². The van der Waals surface area contributed by atoms with E-state index >= 15 is 0 Å². The molecular weight excluding hydrogens is 420 g/mol. The molecule has 0 unspecified atom stereocenters. The van der Waals surface area contributed by atoms with Crippen LogP contribution in [0.5, 0.6) is 11.5 Å².